The molecule has 0 unspecified atom stereocenters. The summed E-state index contributed by atoms with van der Waals surface area (Å²) < 4.78 is 6.58. The molecule has 9 nitrogen and oxygen atoms in total. The summed E-state index contributed by atoms with van der Waals surface area (Å²) in [5, 5.41) is 13.6. The molecule has 0 spiro atoms. The monoisotopic (exact) mass is 407 g/mol. The number of Topliss-reactive ketones (excluding diaryl/α,β-unsaturated/α-hetero) is 1. The molecule has 9 heteroatoms. The molecule has 0 aliphatic rings. The molecule has 3 aromatic rings. The summed E-state index contributed by atoms with van der Waals surface area (Å²) in [5.74, 6) is -1.05. The van der Waals surface area contributed by atoms with Crippen molar-refractivity contribution in [3.8, 4) is 0 Å². The Morgan fingerprint density at radius 1 is 1.03 bits per heavy atom. The van der Waals surface area contributed by atoms with Gasteiger partial charge in [-0.1, -0.05) is 54.6 Å². The first kappa shape index (κ1) is 20.8. The van der Waals surface area contributed by atoms with Gasteiger partial charge in [0.25, 0.3) is 0 Å². The van der Waals surface area contributed by atoms with Gasteiger partial charge in [0.15, 0.2) is 18.4 Å². The number of amides is 1. The number of esters is 1. The van der Waals surface area contributed by atoms with Crippen LogP contribution in [0.5, 0.6) is 0 Å². The molecule has 154 valence electrons. The third kappa shape index (κ3) is 5.81. The van der Waals surface area contributed by atoms with Gasteiger partial charge in [0.1, 0.15) is 6.33 Å². The minimum atomic E-state index is -0.782. The molecule has 1 N–H and O–H groups in total. The van der Waals surface area contributed by atoms with Crippen LogP contribution in [0.15, 0.2) is 60.9 Å². The van der Waals surface area contributed by atoms with E-state index >= 15 is 0 Å². The highest BCUT2D eigenvalue weighted by atomic mass is 16.5. The van der Waals surface area contributed by atoms with E-state index < -0.39 is 18.6 Å². The number of carbonyl (C=O) groups is 3. The van der Waals surface area contributed by atoms with Crippen molar-refractivity contribution < 1.29 is 19.1 Å². The van der Waals surface area contributed by atoms with E-state index in [1.165, 1.54) is 17.9 Å². The normalized spacial score (nSPS) is 11.5. The zero-order valence-electron chi connectivity index (χ0n) is 16.4. The number of carbonyl (C=O) groups excluding carboxylic acids is 3. The SMILES string of the molecule is CC(=O)NCc1ccc(C(=O)COC(=O)[C@@H](Cc2ccccc2)n2cnnn2)cc1. The summed E-state index contributed by atoms with van der Waals surface area (Å²) in [6.45, 7) is 1.43. The predicted octanol–water partition coefficient (Wildman–Crippen LogP) is 1.52. The average Bonchev–Trinajstić information content (AvgIpc) is 3.30. The molecule has 0 radical (unpaired) electrons. The standard InChI is InChI=1S/C21H21N5O4/c1-15(27)22-12-17-7-9-18(10-8-17)20(28)13-30-21(29)19(26-14-23-24-25-26)11-16-5-3-2-4-6-16/h2-10,14,19H,11-13H2,1H3,(H,22,27)/t19-/m1/s1. The first-order valence-corrected chi connectivity index (χ1v) is 9.32. The van der Waals surface area contributed by atoms with Crippen molar-refractivity contribution in [2.45, 2.75) is 25.9 Å². The summed E-state index contributed by atoms with van der Waals surface area (Å²) in [6.07, 6.45) is 1.67. The number of hydrogen-bond donors (Lipinski definition) is 1. The molecule has 1 atom stereocenters. The Morgan fingerprint density at radius 3 is 2.40 bits per heavy atom. The number of nitrogens with one attached hydrogen (secondary N) is 1. The van der Waals surface area contributed by atoms with Crippen molar-refractivity contribution >= 4 is 17.7 Å². The van der Waals surface area contributed by atoms with Gasteiger partial charge in [-0.15, -0.1) is 5.10 Å². The number of benzene rings is 2. The van der Waals surface area contributed by atoms with Crippen molar-refractivity contribution in [1.29, 1.82) is 0 Å². The van der Waals surface area contributed by atoms with Gasteiger partial charge in [-0.2, -0.15) is 0 Å². The molecule has 1 amide bonds. The van der Waals surface area contributed by atoms with Gasteiger partial charge < -0.3 is 10.1 Å². The van der Waals surface area contributed by atoms with E-state index in [0.717, 1.165) is 11.1 Å². The van der Waals surface area contributed by atoms with Crippen molar-refractivity contribution in [2.24, 2.45) is 0 Å². The fourth-order valence-electron chi connectivity index (χ4n) is 2.78. The van der Waals surface area contributed by atoms with E-state index in [-0.39, 0.29) is 11.7 Å². The molecule has 0 fully saturated rings. The maximum absolute atomic E-state index is 12.7. The van der Waals surface area contributed by atoms with E-state index in [0.29, 0.717) is 18.5 Å². The number of tetrazole rings is 1. The quantitative estimate of drug-likeness (QED) is 0.422. The summed E-state index contributed by atoms with van der Waals surface area (Å²) in [4.78, 5) is 36.0. The van der Waals surface area contributed by atoms with Crippen LogP contribution in [-0.4, -0.2) is 44.5 Å². The maximum atomic E-state index is 12.7. The second kappa shape index (κ2) is 10.1. The third-order valence-corrected chi connectivity index (χ3v) is 4.39. The Bertz CT molecular complexity index is 988. The van der Waals surface area contributed by atoms with Crippen LogP contribution >= 0.6 is 0 Å². The highest BCUT2D eigenvalue weighted by Gasteiger charge is 2.25. The summed E-state index contributed by atoms with van der Waals surface area (Å²) >= 11 is 0. The Labute approximate surface area is 173 Å². The number of hydrogen-bond acceptors (Lipinski definition) is 7. The zero-order chi connectivity index (χ0) is 21.3. The van der Waals surface area contributed by atoms with Crippen LogP contribution in [0.25, 0.3) is 0 Å². The number of rotatable bonds is 9. The topological polar surface area (TPSA) is 116 Å². The van der Waals surface area contributed by atoms with Crippen molar-refractivity contribution in [3.63, 3.8) is 0 Å². The summed E-state index contributed by atoms with van der Waals surface area (Å²) in [7, 11) is 0. The molecule has 30 heavy (non-hydrogen) atoms. The third-order valence-electron chi connectivity index (χ3n) is 4.39. The molecule has 2 aromatic carbocycles. The second-order valence-corrected chi connectivity index (χ2v) is 6.63. The Kier molecular flexibility index (Phi) is 6.99. The van der Waals surface area contributed by atoms with Gasteiger partial charge in [-0.3, -0.25) is 9.59 Å². The molecule has 0 bridgehead atoms. The minimum Gasteiger partial charge on any atom is -0.456 e. The molecule has 3 rings (SSSR count). The zero-order valence-corrected chi connectivity index (χ0v) is 16.4. The van der Waals surface area contributed by atoms with Crippen molar-refractivity contribution in [2.75, 3.05) is 6.61 Å². The molecule has 0 saturated heterocycles. The maximum Gasteiger partial charge on any atom is 0.331 e. The second-order valence-electron chi connectivity index (χ2n) is 6.63. The van der Waals surface area contributed by atoms with Crippen molar-refractivity contribution in [1.82, 2.24) is 25.5 Å². The Morgan fingerprint density at radius 2 is 1.77 bits per heavy atom. The highest BCUT2D eigenvalue weighted by molar-refractivity contribution is 5.98. The molecular formula is C21H21N5O4. The summed E-state index contributed by atoms with van der Waals surface area (Å²) in [5.41, 5.74) is 2.19. The summed E-state index contributed by atoms with van der Waals surface area (Å²) in [6, 6.07) is 15.4. The van der Waals surface area contributed by atoms with E-state index in [1.54, 1.807) is 24.3 Å². The van der Waals surface area contributed by atoms with E-state index in [9.17, 15) is 14.4 Å². The lowest BCUT2D eigenvalue weighted by Crippen LogP contribution is -2.26. The fraction of sp³-hybridized carbons (Fsp3) is 0.238. The van der Waals surface area contributed by atoms with Crippen molar-refractivity contribution in [3.05, 3.63) is 77.6 Å². The lowest BCUT2D eigenvalue weighted by atomic mass is 10.1. The van der Waals surface area contributed by atoms with Gasteiger partial charge in [0.2, 0.25) is 5.91 Å². The predicted molar refractivity (Wildman–Crippen MR) is 106 cm³/mol. The van der Waals surface area contributed by atoms with Crippen LogP contribution in [0.4, 0.5) is 0 Å². The smallest absolute Gasteiger partial charge is 0.331 e. The van der Waals surface area contributed by atoms with Gasteiger partial charge in [-0.05, 0) is 21.6 Å². The van der Waals surface area contributed by atoms with Crippen LogP contribution in [0.2, 0.25) is 0 Å². The van der Waals surface area contributed by atoms with Gasteiger partial charge in [0, 0.05) is 25.5 Å². The molecule has 1 aromatic heterocycles. The van der Waals surface area contributed by atoms with Crippen LogP contribution < -0.4 is 5.32 Å². The first-order chi connectivity index (χ1) is 14.5. The van der Waals surface area contributed by atoms with E-state index in [4.69, 9.17) is 4.74 Å². The fourth-order valence-corrected chi connectivity index (χ4v) is 2.78. The number of nitrogens with zero attached hydrogens (tertiary/aromatic N) is 4. The van der Waals surface area contributed by atoms with Crippen LogP contribution in [0.1, 0.15) is 34.5 Å². The lowest BCUT2D eigenvalue weighted by Gasteiger charge is -2.15. The average molecular weight is 407 g/mol. The van der Waals surface area contributed by atoms with Crippen LogP contribution in [0, 0.1) is 0 Å². The molecule has 0 aliphatic carbocycles. The number of aromatic nitrogens is 4. The lowest BCUT2D eigenvalue weighted by molar-refractivity contribution is -0.146. The van der Waals surface area contributed by atoms with Gasteiger partial charge in [-0.25, -0.2) is 9.48 Å². The largest absolute Gasteiger partial charge is 0.456 e. The molecular weight excluding hydrogens is 386 g/mol. The highest BCUT2D eigenvalue weighted by Crippen LogP contribution is 2.15. The van der Waals surface area contributed by atoms with Crippen LogP contribution in [0.3, 0.4) is 0 Å². The van der Waals surface area contributed by atoms with Gasteiger partial charge in [0.05, 0.1) is 0 Å². The van der Waals surface area contributed by atoms with E-state index in [2.05, 4.69) is 20.8 Å². The first-order valence-electron chi connectivity index (χ1n) is 9.32. The molecule has 0 aliphatic heterocycles. The Hall–Kier alpha value is -3.88. The molecule has 1 heterocycles. The number of ketones is 1. The van der Waals surface area contributed by atoms with Gasteiger partial charge >= 0.3 is 5.97 Å². The molecule has 0 saturated carbocycles. The van der Waals surface area contributed by atoms with Crippen LogP contribution in [-0.2, 0) is 27.3 Å². The Balaban J connectivity index is 1.60. The number of ether oxygens (including phenoxy) is 1. The minimum absolute atomic E-state index is 0.130. The van der Waals surface area contributed by atoms with E-state index in [1.807, 2.05) is 30.3 Å².